The Morgan fingerprint density at radius 2 is 1.92 bits per heavy atom. The lowest BCUT2D eigenvalue weighted by atomic mass is 10.0. The molecule has 3 aromatic rings. The van der Waals surface area contributed by atoms with Gasteiger partial charge in [0.2, 0.25) is 0 Å². The lowest BCUT2D eigenvalue weighted by Crippen LogP contribution is -2.51. The van der Waals surface area contributed by atoms with Gasteiger partial charge >= 0.3 is 6.18 Å². The molecule has 8 nitrogen and oxygen atoms in total. The average Bonchev–Trinajstić information content (AvgIpc) is 3.69. The first-order valence-corrected chi connectivity index (χ1v) is 13.8. The van der Waals surface area contributed by atoms with Gasteiger partial charge in [-0.05, 0) is 31.9 Å². The number of carbonyl (C=O) groups is 1. The topological polar surface area (TPSA) is 85.5 Å². The fraction of sp³-hybridized carbons (Fsp3) is 0.500. The number of amides is 1. The van der Waals surface area contributed by atoms with Gasteiger partial charge in [-0.3, -0.25) is 9.69 Å². The summed E-state index contributed by atoms with van der Waals surface area (Å²) in [7, 11) is 0. The van der Waals surface area contributed by atoms with Crippen LogP contribution in [0.1, 0.15) is 54.1 Å². The number of aromatic amines is 1. The van der Waals surface area contributed by atoms with E-state index in [-0.39, 0.29) is 16.9 Å². The van der Waals surface area contributed by atoms with Crippen molar-refractivity contribution in [1.29, 1.82) is 0 Å². The number of carbonyl (C=O) groups excluding carboxylic acids is 1. The summed E-state index contributed by atoms with van der Waals surface area (Å²) in [4.78, 5) is 25.0. The fourth-order valence-corrected chi connectivity index (χ4v) is 6.22. The molecule has 0 radical (unpaired) electrons. The molecule has 2 aromatic heterocycles. The Labute approximate surface area is 224 Å². The fourth-order valence-electron chi connectivity index (χ4n) is 6.22. The first kappa shape index (κ1) is 25.8. The van der Waals surface area contributed by atoms with E-state index >= 15 is 0 Å². The standard InChI is InChI=1S/C28H33F3N6O2/c1-2-32-22-15-23(35-26-24(22)20(16-33-26)28(29,30)31)34-21-8-7-19(18-9-14-39-25(18)21)27(38)37-12-10-36(11-13-37)17-5-3-4-6-17/h7-8,15-17H,2-6,9-14H2,1H3,(H3,32,33,34,35). The zero-order valence-electron chi connectivity index (χ0n) is 22.0. The van der Waals surface area contributed by atoms with Crippen LogP contribution in [-0.4, -0.2) is 71.0 Å². The van der Waals surface area contributed by atoms with Gasteiger partial charge in [0, 0.05) is 74.3 Å². The molecule has 6 rings (SSSR count). The minimum atomic E-state index is -4.50. The third kappa shape index (κ3) is 4.88. The van der Waals surface area contributed by atoms with Crippen molar-refractivity contribution in [3.8, 4) is 5.75 Å². The maximum Gasteiger partial charge on any atom is 0.418 e. The highest BCUT2D eigenvalue weighted by molar-refractivity contribution is 5.98. The van der Waals surface area contributed by atoms with Crippen LogP contribution in [0.25, 0.3) is 11.0 Å². The van der Waals surface area contributed by atoms with Crippen LogP contribution < -0.4 is 15.4 Å². The summed E-state index contributed by atoms with van der Waals surface area (Å²) in [6.07, 6.45) is 2.19. The van der Waals surface area contributed by atoms with Crippen LogP contribution in [-0.2, 0) is 12.6 Å². The van der Waals surface area contributed by atoms with Gasteiger partial charge in [0.15, 0.2) is 0 Å². The molecule has 1 saturated heterocycles. The maximum atomic E-state index is 13.6. The number of rotatable bonds is 6. The second kappa shape index (κ2) is 10.3. The molecule has 2 fully saturated rings. The molecule has 1 aromatic carbocycles. The van der Waals surface area contributed by atoms with E-state index in [4.69, 9.17) is 4.74 Å². The number of H-pyrrole nitrogens is 1. The van der Waals surface area contributed by atoms with E-state index in [0.29, 0.717) is 54.1 Å². The number of aromatic nitrogens is 2. The third-order valence-electron chi connectivity index (χ3n) is 8.11. The van der Waals surface area contributed by atoms with Crippen LogP contribution >= 0.6 is 0 Å². The molecular weight excluding hydrogens is 509 g/mol. The Morgan fingerprint density at radius 1 is 1.15 bits per heavy atom. The second-order valence-corrected chi connectivity index (χ2v) is 10.5. The van der Waals surface area contributed by atoms with Crippen molar-refractivity contribution in [2.24, 2.45) is 0 Å². The molecule has 0 spiro atoms. The quantitative estimate of drug-likeness (QED) is 0.387. The van der Waals surface area contributed by atoms with Crippen molar-refractivity contribution >= 4 is 34.1 Å². The van der Waals surface area contributed by atoms with E-state index < -0.39 is 11.7 Å². The zero-order chi connectivity index (χ0) is 27.1. The van der Waals surface area contributed by atoms with E-state index in [1.54, 1.807) is 12.1 Å². The van der Waals surface area contributed by atoms with Crippen LogP contribution in [0, 0.1) is 0 Å². The lowest BCUT2D eigenvalue weighted by Gasteiger charge is -2.38. The summed E-state index contributed by atoms with van der Waals surface area (Å²) in [5.41, 5.74) is 1.84. The minimum Gasteiger partial charge on any atom is -0.491 e. The number of nitrogens with zero attached hydrogens (tertiary/aromatic N) is 3. The molecule has 0 bridgehead atoms. The van der Waals surface area contributed by atoms with Gasteiger partial charge in [0.05, 0.1) is 23.2 Å². The summed E-state index contributed by atoms with van der Waals surface area (Å²) in [5.74, 6) is 0.989. The third-order valence-corrected chi connectivity index (χ3v) is 8.11. The molecule has 2 aliphatic heterocycles. The smallest absolute Gasteiger partial charge is 0.418 e. The number of benzene rings is 1. The van der Waals surface area contributed by atoms with Crippen molar-refractivity contribution in [3.05, 3.63) is 41.1 Å². The largest absolute Gasteiger partial charge is 0.491 e. The number of hydrogen-bond acceptors (Lipinski definition) is 6. The van der Waals surface area contributed by atoms with Gasteiger partial charge in [-0.15, -0.1) is 0 Å². The molecule has 0 unspecified atom stereocenters. The summed E-state index contributed by atoms with van der Waals surface area (Å²) >= 11 is 0. The second-order valence-electron chi connectivity index (χ2n) is 10.5. The predicted molar refractivity (Wildman–Crippen MR) is 144 cm³/mol. The molecule has 1 saturated carbocycles. The lowest BCUT2D eigenvalue weighted by molar-refractivity contribution is -0.136. The van der Waals surface area contributed by atoms with Gasteiger partial charge < -0.3 is 25.3 Å². The van der Waals surface area contributed by atoms with Crippen molar-refractivity contribution in [2.45, 2.75) is 51.2 Å². The molecule has 3 aliphatic rings. The van der Waals surface area contributed by atoms with Gasteiger partial charge in [-0.1, -0.05) is 12.8 Å². The molecule has 39 heavy (non-hydrogen) atoms. The van der Waals surface area contributed by atoms with Crippen LogP contribution in [0.2, 0.25) is 0 Å². The van der Waals surface area contributed by atoms with Crippen molar-refractivity contribution < 1.29 is 22.7 Å². The predicted octanol–water partition coefficient (Wildman–Crippen LogP) is 5.39. The molecular formula is C28H33F3N6O2. The Morgan fingerprint density at radius 3 is 2.64 bits per heavy atom. The van der Waals surface area contributed by atoms with Gasteiger partial charge in [0.25, 0.3) is 5.91 Å². The van der Waals surface area contributed by atoms with Crippen molar-refractivity contribution in [1.82, 2.24) is 19.8 Å². The molecule has 208 valence electrons. The van der Waals surface area contributed by atoms with Gasteiger partial charge in [0.1, 0.15) is 17.2 Å². The van der Waals surface area contributed by atoms with E-state index in [1.165, 1.54) is 25.7 Å². The maximum absolute atomic E-state index is 13.6. The Hall–Kier alpha value is -3.47. The number of alkyl halides is 3. The monoisotopic (exact) mass is 542 g/mol. The highest BCUT2D eigenvalue weighted by atomic mass is 19.4. The van der Waals surface area contributed by atoms with Crippen LogP contribution in [0.15, 0.2) is 24.4 Å². The van der Waals surface area contributed by atoms with Crippen LogP contribution in [0.4, 0.5) is 30.4 Å². The normalized spacial score (nSPS) is 18.4. The number of ether oxygens (including phenoxy) is 1. The van der Waals surface area contributed by atoms with Crippen molar-refractivity contribution in [2.75, 3.05) is 50.0 Å². The molecule has 1 aliphatic carbocycles. The Bertz CT molecular complexity index is 1370. The molecule has 3 N–H and O–H groups in total. The molecule has 1 amide bonds. The van der Waals surface area contributed by atoms with Crippen LogP contribution in [0.5, 0.6) is 5.75 Å². The average molecular weight is 543 g/mol. The summed E-state index contributed by atoms with van der Waals surface area (Å²) in [5, 5.41) is 6.25. The Kier molecular flexibility index (Phi) is 6.78. The zero-order valence-corrected chi connectivity index (χ0v) is 22.0. The first-order chi connectivity index (χ1) is 18.8. The first-order valence-electron chi connectivity index (χ1n) is 13.8. The summed E-state index contributed by atoms with van der Waals surface area (Å²) < 4.78 is 46.6. The number of fused-ring (bicyclic) bond motifs is 2. The molecule has 11 heteroatoms. The summed E-state index contributed by atoms with van der Waals surface area (Å²) in [6.45, 7) is 5.99. The number of hydrogen-bond donors (Lipinski definition) is 3. The van der Waals surface area contributed by atoms with E-state index in [0.717, 1.165) is 37.9 Å². The van der Waals surface area contributed by atoms with Gasteiger partial charge in [-0.2, -0.15) is 13.2 Å². The SMILES string of the molecule is CCNc1cc(Nc2ccc(C(=O)N3CCN(C4CCCC4)CC3)c3c2OCC3)nc2[nH]cc(C(F)(F)F)c12. The molecule has 4 heterocycles. The van der Waals surface area contributed by atoms with Crippen LogP contribution in [0.3, 0.4) is 0 Å². The highest BCUT2D eigenvalue weighted by Gasteiger charge is 2.35. The van der Waals surface area contributed by atoms with Crippen molar-refractivity contribution in [3.63, 3.8) is 0 Å². The highest BCUT2D eigenvalue weighted by Crippen LogP contribution is 2.41. The van der Waals surface area contributed by atoms with E-state index in [9.17, 15) is 18.0 Å². The Balaban J connectivity index is 1.24. The van der Waals surface area contributed by atoms with E-state index in [2.05, 4.69) is 25.5 Å². The number of piperazine rings is 1. The van der Waals surface area contributed by atoms with Gasteiger partial charge in [-0.25, -0.2) is 4.98 Å². The molecule has 0 atom stereocenters. The summed E-state index contributed by atoms with van der Waals surface area (Å²) in [6, 6.07) is 5.85. The van der Waals surface area contributed by atoms with E-state index in [1.807, 2.05) is 17.9 Å². The number of nitrogens with one attached hydrogen (secondary N) is 3. The number of anilines is 3. The minimum absolute atomic E-state index is 0.00496. The number of pyridine rings is 1. The number of halogens is 3.